The number of carbonyl (C=O) groups excluding carboxylic acids is 1. The molecule has 116 valence electrons. The van der Waals surface area contributed by atoms with Gasteiger partial charge < -0.3 is 15.3 Å². The molecule has 1 aliphatic rings. The van der Waals surface area contributed by atoms with E-state index in [4.69, 9.17) is 0 Å². The minimum atomic E-state index is -0.408. The van der Waals surface area contributed by atoms with Crippen molar-refractivity contribution in [3.63, 3.8) is 0 Å². The summed E-state index contributed by atoms with van der Waals surface area (Å²) in [6.07, 6.45) is 3.88. The lowest BCUT2D eigenvalue weighted by molar-refractivity contribution is 0.0838. The van der Waals surface area contributed by atoms with Crippen molar-refractivity contribution in [2.75, 3.05) is 24.6 Å². The lowest BCUT2D eigenvalue weighted by Gasteiger charge is -2.28. The van der Waals surface area contributed by atoms with Gasteiger partial charge in [0.15, 0.2) is 0 Å². The highest BCUT2D eigenvalue weighted by atomic mass is 16.3. The molecule has 0 unspecified atom stereocenters. The number of carbonyl (C=O) groups is 1. The van der Waals surface area contributed by atoms with Crippen molar-refractivity contribution in [2.45, 2.75) is 45.1 Å². The summed E-state index contributed by atoms with van der Waals surface area (Å²) in [5.41, 5.74) is 1.38. The maximum absolute atomic E-state index is 12.3. The van der Waals surface area contributed by atoms with E-state index in [1.54, 1.807) is 0 Å². The molecule has 1 aromatic rings. The van der Waals surface area contributed by atoms with Gasteiger partial charge in [0, 0.05) is 24.3 Å². The van der Waals surface area contributed by atoms with Gasteiger partial charge in [-0.1, -0.05) is 12.8 Å². The Balaban J connectivity index is 2.06. The first kappa shape index (κ1) is 15.8. The Hall–Kier alpha value is -1.55. The van der Waals surface area contributed by atoms with E-state index in [2.05, 4.69) is 24.1 Å². The Morgan fingerprint density at radius 2 is 1.76 bits per heavy atom. The summed E-state index contributed by atoms with van der Waals surface area (Å²) in [4.78, 5) is 14.6. The monoisotopic (exact) mass is 290 g/mol. The zero-order chi connectivity index (χ0) is 15.3. The number of hydrogen-bond donors (Lipinski definition) is 2. The summed E-state index contributed by atoms with van der Waals surface area (Å²) >= 11 is 0. The fourth-order valence-electron chi connectivity index (χ4n) is 3.10. The third-order valence-electron chi connectivity index (χ3n) is 4.50. The number of hydrogen-bond acceptors (Lipinski definition) is 3. The molecule has 2 rings (SSSR count). The van der Waals surface area contributed by atoms with Crippen molar-refractivity contribution in [1.82, 2.24) is 5.32 Å². The number of nitrogens with one attached hydrogen (secondary N) is 1. The quantitative estimate of drug-likeness (QED) is 0.846. The Kier molecular flexibility index (Phi) is 5.23. The molecule has 0 spiro atoms. The fourth-order valence-corrected chi connectivity index (χ4v) is 3.10. The summed E-state index contributed by atoms with van der Waals surface area (Å²) in [7, 11) is 0. The van der Waals surface area contributed by atoms with Gasteiger partial charge in [-0.2, -0.15) is 0 Å². The van der Waals surface area contributed by atoms with Gasteiger partial charge in [-0.25, -0.2) is 0 Å². The maximum Gasteiger partial charge on any atom is 0.251 e. The van der Waals surface area contributed by atoms with Gasteiger partial charge in [0.25, 0.3) is 5.91 Å². The molecule has 2 N–H and O–H groups in total. The van der Waals surface area contributed by atoms with E-state index < -0.39 is 5.54 Å². The SMILES string of the molecule is CCN(CC)c1ccc(C(=O)NC2(CO)CCCC2)cc1. The Labute approximate surface area is 127 Å². The summed E-state index contributed by atoms with van der Waals surface area (Å²) < 4.78 is 0. The molecule has 4 heteroatoms. The highest BCUT2D eigenvalue weighted by Crippen LogP contribution is 2.29. The summed E-state index contributed by atoms with van der Waals surface area (Å²) in [6, 6.07) is 7.70. The molecular weight excluding hydrogens is 264 g/mol. The number of benzene rings is 1. The zero-order valence-corrected chi connectivity index (χ0v) is 13.1. The van der Waals surface area contributed by atoms with Gasteiger partial charge in [0.1, 0.15) is 0 Å². The first-order valence-electron chi connectivity index (χ1n) is 7.92. The van der Waals surface area contributed by atoms with Crippen molar-refractivity contribution in [3.05, 3.63) is 29.8 Å². The normalized spacial score (nSPS) is 16.7. The van der Waals surface area contributed by atoms with Crippen LogP contribution in [-0.4, -0.2) is 36.2 Å². The lowest BCUT2D eigenvalue weighted by atomic mass is 9.98. The molecule has 1 fully saturated rings. The van der Waals surface area contributed by atoms with Gasteiger partial charge in [-0.15, -0.1) is 0 Å². The molecule has 1 aromatic carbocycles. The highest BCUT2D eigenvalue weighted by molar-refractivity contribution is 5.95. The van der Waals surface area contributed by atoms with E-state index in [0.29, 0.717) is 5.56 Å². The van der Waals surface area contributed by atoms with E-state index in [1.807, 2.05) is 24.3 Å². The number of amides is 1. The minimum Gasteiger partial charge on any atom is -0.394 e. The van der Waals surface area contributed by atoms with Crippen molar-refractivity contribution in [2.24, 2.45) is 0 Å². The van der Waals surface area contributed by atoms with E-state index in [9.17, 15) is 9.90 Å². The summed E-state index contributed by atoms with van der Waals surface area (Å²) in [5, 5.41) is 12.6. The average molecular weight is 290 g/mol. The predicted octanol–water partition coefficient (Wildman–Crippen LogP) is 2.57. The lowest BCUT2D eigenvalue weighted by Crippen LogP contribution is -2.49. The van der Waals surface area contributed by atoms with Gasteiger partial charge in [-0.3, -0.25) is 4.79 Å². The number of rotatable bonds is 6. The van der Waals surface area contributed by atoms with Crippen LogP contribution in [0.3, 0.4) is 0 Å². The predicted molar refractivity (Wildman–Crippen MR) is 85.8 cm³/mol. The first-order valence-corrected chi connectivity index (χ1v) is 7.92. The molecule has 0 radical (unpaired) electrons. The Bertz CT molecular complexity index is 460. The van der Waals surface area contributed by atoms with Crippen LogP contribution in [-0.2, 0) is 0 Å². The van der Waals surface area contributed by atoms with Crippen LogP contribution in [0.1, 0.15) is 49.9 Å². The summed E-state index contributed by atoms with van der Waals surface area (Å²) in [5.74, 6) is -0.0861. The number of anilines is 1. The van der Waals surface area contributed by atoms with Gasteiger partial charge >= 0.3 is 0 Å². The molecule has 0 saturated heterocycles. The molecular formula is C17H26N2O2. The van der Waals surface area contributed by atoms with Crippen molar-refractivity contribution in [3.8, 4) is 0 Å². The van der Waals surface area contributed by atoms with Crippen molar-refractivity contribution < 1.29 is 9.90 Å². The van der Waals surface area contributed by atoms with Crippen LogP contribution in [0.5, 0.6) is 0 Å². The number of aliphatic hydroxyl groups is 1. The Morgan fingerprint density at radius 3 is 2.24 bits per heavy atom. The van der Waals surface area contributed by atoms with Crippen LogP contribution < -0.4 is 10.2 Å². The van der Waals surface area contributed by atoms with E-state index in [1.165, 1.54) is 0 Å². The van der Waals surface area contributed by atoms with Crippen LogP contribution in [0.2, 0.25) is 0 Å². The average Bonchev–Trinajstić information content (AvgIpc) is 2.98. The molecule has 0 atom stereocenters. The molecule has 4 nitrogen and oxygen atoms in total. The van der Waals surface area contributed by atoms with Crippen LogP contribution >= 0.6 is 0 Å². The van der Waals surface area contributed by atoms with Crippen LogP contribution in [0.4, 0.5) is 5.69 Å². The van der Waals surface area contributed by atoms with Crippen LogP contribution in [0.15, 0.2) is 24.3 Å². The topological polar surface area (TPSA) is 52.6 Å². The van der Waals surface area contributed by atoms with E-state index in [-0.39, 0.29) is 12.5 Å². The second kappa shape index (κ2) is 6.94. The molecule has 0 aliphatic heterocycles. The molecule has 0 heterocycles. The van der Waals surface area contributed by atoms with Crippen LogP contribution in [0.25, 0.3) is 0 Å². The first-order chi connectivity index (χ1) is 10.1. The highest BCUT2D eigenvalue weighted by Gasteiger charge is 2.34. The van der Waals surface area contributed by atoms with Gasteiger partial charge in [0.2, 0.25) is 0 Å². The molecule has 0 aromatic heterocycles. The third-order valence-corrected chi connectivity index (χ3v) is 4.50. The molecule has 1 saturated carbocycles. The Morgan fingerprint density at radius 1 is 1.19 bits per heavy atom. The molecule has 1 aliphatic carbocycles. The van der Waals surface area contributed by atoms with E-state index in [0.717, 1.165) is 44.5 Å². The third kappa shape index (κ3) is 3.56. The zero-order valence-electron chi connectivity index (χ0n) is 13.1. The molecule has 21 heavy (non-hydrogen) atoms. The fraction of sp³-hybridized carbons (Fsp3) is 0.588. The standard InChI is InChI=1S/C17H26N2O2/c1-3-19(4-2)15-9-7-14(8-10-15)16(21)18-17(13-20)11-5-6-12-17/h7-10,20H,3-6,11-13H2,1-2H3,(H,18,21). The number of nitrogens with zero attached hydrogens (tertiary/aromatic N) is 1. The molecule has 0 bridgehead atoms. The minimum absolute atomic E-state index is 0.0241. The van der Waals surface area contributed by atoms with E-state index >= 15 is 0 Å². The largest absolute Gasteiger partial charge is 0.394 e. The van der Waals surface area contributed by atoms with Crippen molar-refractivity contribution in [1.29, 1.82) is 0 Å². The summed E-state index contributed by atoms with van der Waals surface area (Å²) in [6.45, 7) is 6.17. The second-order valence-electron chi connectivity index (χ2n) is 5.82. The smallest absolute Gasteiger partial charge is 0.251 e. The molecule has 1 amide bonds. The second-order valence-corrected chi connectivity index (χ2v) is 5.82. The van der Waals surface area contributed by atoms with Crippen molar-refractivity contribution >= 4 is 11.6 Å². The van der Waals surface area contributed by atoms with Crippen LogP contribution in [0, 0.1) is 0 Å². The van der Waals surface area contributed by atoms with Gasteiger partial charge in [-0.05, 0) is 51.0 Å². The maximum atomic E-state index is 12.3. The number of aliphatic hydroxyl groups excluding tert-OH is 1. The van der Waals surface area contributed by atoms with Gasteiger partial charge in [0.05, 0.1) is 12.1 Å².